The highest BCUT2D eigenvalue weighted by atomic mass is 16.5. The molecule has 0 spiro atoms. The Labute approximate surface area is 114 Å². The molecule has 5 nitrogen and oxygen atoms in total. The molecule has 4 atom stereocenters. The number of carbonyl (C=O) groups excluding carboxylic acids is 2. The molecule has 0 saturated carbocycles. The molecule has 0 bridgehead atoms. The topological polar surface area (TPSA) is 64.6 Å². The zero-order chi connectivity index (χ0) is 14.4. The van der Waals surface area contributed by atoms with Crippen molar-refractivity contribution in [3.05, 3.63) is 12.2 Å². The first-order chi connectivity index (χ1) is 8.88. The summed E-state index contributed by atoms with van der Waals surface area (Å²) in [7, 11) is 0. The van der Waals surface area contributed by atoms with Crippen LogP contribution in [-0.4, -0.2) is 36.7 Å². The molecule has 0 aromatic heterocycles. The summed E-state index contributed by atoms with van der Waals surface area (Å²) in [6.07, 6.45) is 3.51. The van der Waals surface area contributed by atoms with Gasteiger partial charge in [-0.05, 0) is 32.3 Å². The lowest BCUT2D eigenvalue weighted by molar-refractivity contribution is -0.143. The van der Waals surface area contributed by atoms with Gasteiger partial charge in [-0.1, -0.05) is 6.92 Å². The zero-order valence-corrected chi connectivity index (χ0v) is 12.0. The molecule has 1 aliphatic rings. The molecule has 1 fully saturated rings. The molecule has 0 radical (unpaired) electrons. The molecule has 108 valence electrons. The number of hydrogen-bond acceptors (Lipinski definition) is 4. The van der Waals surface area contributed by atoms with Crippen LogP contribution in [0.1, 0.15) is 34.1 Å². The molecule has 1 amide bonds. The second-order valence-electron chi connectivity index (χ2n) is 5.17. The second-order valence-corrected chi connectivity index (χ2v) is 5.17. The lowest BCUT2D eigenvalue weighted by atomic mass is 9.96. The minimum Gasteiger partial charge on any atom is -0.459 e. The number of rotatable bonds is 4. The summed E-state index contributed by atoms with van der Waals surface area (Å²) >= 11 is 0. The Morgan fingerprint density at radius 2 is 2.11 bits per heavy atom. The summed E-state index contributed by atoms with van der Waals surface area (Å²) in [5.74, 6) is -0.0975. The van der Waals surface area contributed by atoms with E-state index < -0.39 is 6.10 Å². The average Bonchev–Trinajstić information content (AvgIpc) is 2.30. The predicted molar refractivity (Wildman–Crippen MR) is 71.5 cm³/mol. The van der Waals surface area contributed by atoms with Crippen molar-refractivity contribution in [1.29, 1.82) is 0 Å². The summed E-state index contributed by atoms with van der Waals surface area (Å²) in [6.45, 7) is 7.85. The molecule has 19 heavy (non-hydrogen) atoms. The van der Waals surface area contributed by atoms with Crippen molar-refractivity contribution in [2.24, 2.45) is 5.92 Å². The maximum Gasteiger partial charge on any atom is 0.303 e. The number of hydrogen-bond donors (Lipinski definition) is 1. The Hall–Kier alpha value is -1.36. The Bertz CT molecular complexity index is 353. The molecular weight excluding hydrogens is 246 g/mol. The minimum atomic E-state index is -0.401. The normalized spacial score (nSPS) is 28.9. The molecule has 1 aliphatic heterocycles. The molecule has 1 saturated heterocycles. The molecule has 1 heterocycles. The van der Waals surface area contributed by atoms with Crippen LogP contribution in [0.3, 0.4) is 0 Å². The van der Waals surface area contributed by atoms with E-state index in [0.29, 0.717) is 5.92 Å². The van der Waals surface area contributed by atoms with Crippen LogP contribution in [-0.2, 0) is 19.1 Å². The molecule has 0 aromatic carbocycles. The Morgan fingerprint density at radius 1 is 1.42 bits per heavy atom. The maximum atomic E-state index is 11.8. The van der Waals surface area contributed by atoms with Crippen molar-refractivity contribution in [2.75, 3.05) is 6.61 Å². The summed E-state index contributed by atoms with van der Waals surface area (Å²) in [6, 6.07) is 0.0323. The van der Waals surface area contributed by atoms with Gasteiger partial charge in [0.1, 0.15) is 6.10 Å². The summed E-state index contributed by atoms with van der Waals surface area (Å²) < 4.78 is 10.5. The van der Waals surface area contributed by atoms with Gasteiger partial charge in [-0.25, -0.2) is 0 Å². The number of ether oxygens (including phenoxy) is 2. The van der Waals surface area contributed by atoms with E-state index in [0.717, 1.165) is 13.0 Å². The van der Waals surface area contributed by atoms with E-state index in [1.807, 2.05) is 6.92 Å². The van der Waals surface area contributed by atoms with Gasteiger partial charge >= 0.3 is 5.97 Å². The van der Waals surface area contributed by atoms with Crippen molar-refractivity contribution >= 4 is 11.9 Å². The highest BCUT2D eigenvalue weighted by Gasteiger charge is 2.26. The van der Waals surface area contributed by atoms with E-state index >= 15 is 0 Å². The van der Waals surface area contributed by atoms with Crippen molar-refractivity contribution in [3.63, 3.8) is 0 Å². The minimum absolute atomic E-state index is 0.0273. The average molecular weight is 269 g/mol. The second kappa shape index (κ2) is 7.28. The number of esters is 1. The lowest BCUT2D eigenvalue weighted by Crippen LogP contribution is -2.47. The van der Waals surface area contributed by atoms with E-state index in [2.05, 4.69) is 12.2 Å². The van der Waals surface area contributed by atoms with Crippen molar-refractivity contribution in [1.82, 2.24) is 5.32 Å². The van der Waals surface area contributed by atoms with Crippen LogP contribution < -0.4 is 5.32 Å². The first kappa shape index (κ1) is 15.7. The Kier molecular flexibility index (Phi) is 6.02. The van der Waals surface area contributed by atoms with Gasteiger partial charge in [0.25, 0.3) is 0 Å². The van der Waals surface area contributed by atoms with Crippen molar-refractivity contribution in [3.8, 4) is 0 Å². The maximum absolute atomic E-state index is 11.8. The van der Waals surface area contributed by atoms with Gasteiger partial charge in [-0.2, -0.15) is 0 Å². The van der Waals surface area contributed by atoms with Gasteiger partial charge in [0.15, 0.2) is 0 Å². The standard InChI is InChI=1S/C14H23NO4/c1-9-7-13(11(3)18-8-9)15-14(17)6-5-10(2)19-12(4)16/h5-6,9-11,13H,7-8H2,1-4H3,(H,15,17)/t9-,10-,11+,13+/m0/s1. The third-order valence-electron chi connectivity index (χ3n) is 3.06. The van der Waals surface area contributed by atoms with Gasteiger partial charge in [0, 0.05) is 19.6 Å². The first-order valence-electron chi connectivity index (χ1n) is 6.66. The zero-order valence-electron chi connectivity index (χ0n) is 12.0. The molecule has 0 aromatic rings. The number of nitrogens with one attached hydrogen (secondary N) is 1. The van der Waals surface area contributed by atoms with E-state index in [9.17, 15) is 9.59 Å². The molecule has 0 aliphatic carbocycles. The van der Waals surface area contributed by atoms with Gasteiger partial charge in [0.2, 0.25) is 5.91 Å². The van der Waals surface area contributed by atoms with E-state index in [4.69, 9.17) is 9.47 Å². The Balaban J connectivity index is 2.41. The van der Waals surface area contributed by atoms with Crippen LogP contribution in [0, 0.1) is 5.92 Å². The number of amides is 1. The smallest absolute Gasteiger partial charge is 0.303 e. The van der Waals surface area contributed by atoms with Crippen LogP contribution in [0.4, 0.5) is 0 Å². The molecule has 5 heteroatoms. The summed E-state index contributed by atoms with van der Waals surface area (Å²) in [5, 5.41) is 2.92. The van der Waals surface area contributed by atoms with Crippen LogP contribution in [0.25, 0.3) is 0 Å². The monoisotopic (exact) mass is 269 g/mol. The SMILES string of the molecule is CC(=O)O[C@@H](C)C=CC(=O)N[C@@H]1C[C@H](C)CO[C@@H]1C. The fourth-order valence-electron chi connectivity index (χ4n) is 2.06. The summed E-state index contributed by atoms with van der Waals surface area (Å²) in [5.41, 5.74) is 0. The van der Waals surface area contributed by atoms with Crippen LogP contribution in [0.2, 0.25) is 0 Å². The molecule has 0 unspecified atom stereocenters. The molecular formula is C14H23NO4. The first-order valence-corrected chi connectivity index (χ1v) is 6.66. The predicted octanol–water partition coefficient (Wildman–Crippen LogP) is 1.42. The molecule has 1 N–H and O–H groups in total. The Morgan fingerprint density at radius 3 is 2.74 bits per heavy atom. The number of carbonyl (C=O) groups is 2. The quantitative estimate of drug-likeness (QED) is 0.619. The van der Waals surface area contributed by atoms with Crippen molar-refractivity contribution < 1.29 is 19.1 Å². The fraction of sp³-hybridized carbons (Fsp3) is 0.714. The van der Waals surface area contributed by atoms with Gasteiger partial charge < -0.3 is 14.8 Å². The molecule has 1 rings (SSSR count). The fourth-order valence-corrected chi connectivity index (χ4v) is 2.06. The van der Waals surface area contributed by atoms with Crippen LogP contribution in [0.15, 0.2) is 12.2 Å². The largest absolute Gasteiger partial charge is 0.459 e. The highest BCUT2D eigenvalue weighted by Crippen LogP contribution is 2.18. The van der Waals surface area contributed by atoms with Gasteiger partial charge in [0.05, 0.1) is 12.1 Å². The van der Waals surface area contributed by atoms with E-state index in [-0.39, 0.29) is 24.0 Å². The van der Waals surface area contributed by atoms with Crippen molar-refractivity contribution in [2.45, 2.75) is 52.4 Å². The van der Waals surface area contributed by atoms with Crippen LogP contribution in [0.5, 0.6) is 0 Å². The van der Waals surface area contributed by atoms with E-state index in [1.54, 1.807) is 13.0 Å². The van der Waals surface area contributed by atoms with Gasteiger partial charge in [-0.15, -0.1) is 0 Å². The van der Waals surface area contributed by atoms with E-state index in [1.165, 1.54) is 13.0 Å². The van der Waals surface area contributed by atoms with Gasteiger partial charge in [-0.3, -0.25) is 9.59 Å². The summed E-state index contributed by atoms with van der Waals surface area (Å²) in [4.78, 5) is 22.5. The third kappa shape index (κ3) is 5.87. The lowest BCUT2D eigenvalue weighted by Gasteiger charge is -2.33. The van der Waals surface area contributed by atoms with Crippen LogP contribution >= 0.6 is 0 Å². The highest BCUT2D eigenvalue weighted by molar-refractivity contribution is 5.87. The third-order valence-corrected chi connectivity index (χ3v) is 3.06.